The average Bonchev–Trinajstić information content (AvgIpc) is 3.24. The molecule has 0 fully saturated rings. The van der Waals surface area contributed by atoms with Crippen LogP contribution >= 0.6 is 0 Å². The lowest BCUT2D eigenvalue weighted by Gasteiger charge is -2.36. The van der Waals surface area contributed by atoms with Crippen LogP contribution in [0.5, 0.6) is 0 Å². The monoisotopic (exact) mass is 501 g/mol. The van der Waals surface area contributed by atoms with E-state index in [1.807, 2.05) is 6.07 Å². The lowest BCUT2D eigenvalue weighted by Crippen LogP contribution is -2.40. The van der Waals surface area contributed by atoms with Crippen LogP contribution in [0.2, 0.25) is 0 Å². The number of ether oxygens (including phenoxy) is 2. The van der Waals surface area contributed by atoms with Crippen molar-refractivity contribution in [3.8, 4) is 11.8 Å². The summed E-state index contributed by atoms with van der Waals surface area (Å²) in [6, 6.07) is 16.6. The van der Waals surface area contributed by atoms with E-state index in [4.69, 9.17) is 15.2 Å². The number of halogens is 1. The number of esters is 2. The molecule has 0 radical (unpaired) electrons. The highest BCUT2D eigenvalue weighted by Crippen LogP contribution is 2.43. The van der Waals surface area contributed by atoms with Gasteiger partial charge in [0.05, 0.1) is 48.7 Å². The number of nitrogens with two attached hydrogens (primary N) is 1. The van der Waals surface area contributed by atoms with E-state index in [2.05, 4.69) is 11.2 Å². The number of hydrogen-bond donors (Lipinski definition) is 1. The van der Waals surface area contributed by atoms with Gasteiger partial charge in [0, 0.05) is 11.8 Å². The first-order valence-electron chi connectivity index (χ1n) is 11.2. The van der Waals surface area contributed by atoms with Gasteiger partial charge in [-0.05, 0) is 37.6 Å². The molecule has 37 heavy (non-hydrogen) atoms. The Morgan fingerprint density at radius 3 is 2.27 bits per heavy atom. The van der Waals surface area contributed by atoms with Gasteiger partial charge in [-0.1, -0.05) is 30.3 Å². The second kappa shape index (κ2) is 9.99. The molecule has 0 saturated heterocycles. The summed E-state index contributed by atoms with van der Waals surface area (Å²) >= 11 is 0. The Morgan fingerprint density at radius 1 is 1.05 bits per heavy atom. The molecule has 1 aromatic heterocycles. The van der Waals surface area contributed by atoms with Crippen LogP contribution in [-0.4, -0.2) is 35.9 Å². The zero-order chi connectivity index (χ0) is 26.9. The number of aryl methyl sites for hydroxylation is 2. The first-order valence-corrected chi connectivity index (χ1v) is 11.2. The predicted octanol–water partition coefficient (Wildman–Crippen LogP) is 3.53. The summed E-state index contributed by atoms with van der Waals surface area (Å²) in [5.41, 5.74) is 8.26. The van der Waals surface area contributed by atoms with E-state index in [1.165, 1.54) is 16.8 Å². The standard InChI is InChI=1S/C27H24FN5O4/c1-15-12-16(2)33(31-15)21-11-10-18(13-20(21)28)32-24(27(35)37-4)23(26(34)36-3)22(19(14-29)25(32)30)17-8-6-5-7-9-17/h5-13,22H,30H2,1-4H3. The number of carbonyl (C=O) groups is 2. The molecule has 1 unspecified atom stereocenters. The SMILES string of the molecule is COC(=O)C1=C(C(=O)OC)N(c2ccc(-n3nc(C)cc3C)c(F)c2)C(N)=C(C#N)C1c1ccccc1. The minimum Gasteiger partial charge on any atom is -0.466 e. The van der Waals surface area contributed by atoms with Crippen molar-refractivity contribution in [3.63, 3.8) is 0 Å². The fourth-order valence-corrected chi connectivity index (χ4v) is 4.46. The third-order valence-electron chi connectivity index (χ3n) is 6.04. The maximum absolute atomic E-state index is 15.4. The van der Waals surface area contributed by atoms with Crippen LogP contribution in [0.3, 0.4) is 0 Å². The topological polar surface area (TPSA) is 123 Å². The molecule has 9 nitrogen and oxygen atoms in total. The van der Waals surface area contributed by atoms with Gasteiger partial charge < -0.3 is 15.2 Å². The van der Waals surface area contributed by atoms with Gasteiger partial charge in [0.1, 0.15) is 17.2 Å². The van der Waals surface area contributed by atoms with Crippen molar-refractivity contribution < 1.29 is 23.5 Å². The third kappa shape index (κ3) is 4.31. The highest BCUT2D eigenvalue weighted by molar-refractivity contribution is 6.06. The quantitative estimate of drug-likeness (QED) is 0.527. The molecule has 1 aliphatic heterocycles. The Balaban J connectivity index is 1.99. The van der Waals surface area contributed by atoms with Crippen LogP contribution in [0.15, 0.2) is 77.3 Å². The first-order chi connectivity index (χ1) is 17.7. The van der Waals surface area contributed by atoms with Crippen LogP contribution in [0, 0.1) is 31.0 Å². The van der Waals surface area contributed by atoms with E-state index >= 15 is 4.39 Å². The molecule has 0 saturated carbocycles. The molecule has 188 valence electrons. The average molecular weight is 502 g/mol. The Hall–Kier alpha value is -4.91. The molecule has 3 aromatic rings. The molecule has 4 rings (SSSR count). The molecule has 0 bridgehead atoms. The lowest BCUT2D eigenvalue weighted by atomic mass is 9.81. The van der Waals surface area contributed by atoms with Crippen molar-refractivity contribution in [3.05, 3.63) is 100 Å². The Morgan fingerprint density at radius 2 is 1.73 bits per heavy atom. The van der Waals surface area contributed by atoms with E-state index in [0.717, 1.165) is 30.9 Å². The minimum absolute atomic E-state index is 0.0118. The largest absolute Gasteiger partial charge is 0.466 e. The van der Waals surface area contributed by atoms with Gasteiger partial charge in [0.15, 0.2) is 5.82 Å². The predicted molar refractivity (Wildman–Crippen MR) is 133 cm³/mol. The summed E-state index contributed by atoms with van der Waals surface area (Å²) in [4.78, 5) is 27.4. The van der Waals surface area contributed by atoms with Crippen molar-refractivity contribution in [2.45, 2.75) is 19.8 Å². The zero-order valence-electron chi connectivity index (χ0n) is 20.7. The molecule has 0 spiro atoms. The number of carbonyl (C=O) groups excluding carboxylic acids is 2. The molecule has 10 heteroatoms. The van der Waals surface area contributed by atoms with E-state index in [9.17, 15) is 14.9 Å². The lowest BCUT2D eigenvalue weighted by molar-refractivity contribution is -0.139. The van der Waals surface area contributed by atoms with Gasteiger partial charge in [-0.3, -0.25) is 4.90 Å². The van der Waals surface area contributed by atoms with E-state index in [0.29, 0.717) is 11.3 Å². The van der Waals surface area contributed by atoms with E-state index in [-0.39, 0.29) is 34.0 Å². The number of methoxy groups -OCH3 is 2. The van der Waals surface area contributed by atoms with Crippen molar-refractivity contribution >= 4 is 17.6 Å². The van der Waals surface area contributed by atoms with E-state index in [1.54, 1.807) is 44.2 Å². The summed E-state index contributed by atoms with van der Waals surface area (Å²) in [6.45, 7) is 3.59. The van der Waals surface area contributed by atoms with Gasteiger partial charge in [-0.15, -0.1) is 0 Å². The summed E-state index contributed by atoms with van der Waals surface area (Å²) < 4.78 is 26.9. The number of nitrogens with zero attached hydrogens (tertiary/aromatic N) is 4. The van der Waals surface area contributed by atoms with Crippen LogP contribution in [0.25, 0.3) is 5.69 Å². The van der Waals surface area contributed by atoms with Gasteiger partial charge in [0.25, 0.3) is 0 Å². The Labute approximate surface area is 212 Å². The first kappa shape index (κ1) is 25.2. The van der Waals surface area contributed by atoms with Gasteiger partial charge in [-0.2, -0.15) is 10.4 Å². The van der Waals surface area contributed by atoms with Crippen LogP contribution in [0.4, 0.5) is 10.1 Å². The number of aromatic nitrogens is 2. The molecule has 2 heterocycles. The molecule has 1 aliphatic rings. The normalized spacial score (nSPS) is 15.5. The highest BCUT2D eigenvalue weighted by Gasteiger charge is 2.43. The van der Waals surface area contributed by atoms with Crippen molar-refractivity contribution in [2.75, 3.05) is 19.1 Å². The molecule has 1 atom stereocenters. The molecular formula is C27H24FN5O4. The number of benzene rings is 2. The highest BCUT2D eigenvalue weighted by atomic mass is 19.1. The summed E-state index contributed by atoms with van der Waals surface area (Å²) in [7, 11) is 2.30. The smallest absolute Gasteiger partial charge is 0.355 e. The van der Waals surface area contributed by atoms with Crippen LogP contribution in [-0.2, 0) is 19.1 Å². The number of anilines is 1. The maximum Gasteiger partial charge on any atom is 0.355 e. The van der Waals surface area contributed by atoms with Crippen molar-refractivity contribution in [2.24, 2.45) is 5.73 Å². The summed E-state index contributed by atoms with van der Waals surface area (Å²) in [5, 5.41) is 14.4. The molecule has 0 aliphatic carbocycles. The Kier molecular flexibility index (Phi) is 6.80. The zero-order valence-corrected chi connectivity index (χ0v) is 20.7. The minimum atomic E-state index is -1.01. The number of allylic oxidation sites excluding steroid dienone is 1. The molecule has 2 aromatic carbocycles. The number of nitriles is 1. The summed E-state index contributed by atoms with van der Waals surface area (Å²) in [5.74, 6) is -3.60. The second-order valence-electron chi connectivity index (χ2n) is 8.31. The Bertz CT molecular complexity index is 1500. The van der Waals surface area contributed by atoms with Gasteiger partial charge in [0.2, 0.25) is 0 Å². The molecular weight excluding hydrogens is 477 g/mol. The molecule has 2 N–H and O–H groups in total. The van der Waals surface area contributed by atoms with Gasteiger partial charge in [-0.25, -0.2) is 18.7 Å². The second-order valence-corrected chi connectivity index (χ2v) is 8.31. The van der Waals surface area contributed by atoms with Crippen molar-refractivity contribution in [1.29, 1.82) is 5.26 Å². The van der Waals surface area contributed by atoms with Gasteiger partial charge >= 0.3 is 11.9 Å². The fraction of sp³-hybridized carbons (Fsp3) is 0.185. The number of rotatable bonds is 5. The van der Waals surface area contributed by atoms with Crippen molar-refractivity contribution in [1.82, 2.24) is 9.78 Å². The fourth-order valence-electron chi connectivity index (χ4n) is 4.46. The van der Waals surface area contributed by atoms with E-state index < -0.39 is 23.7 Å². The maximum atomic E-state index is 15.4. The third-order valence-corrected chi connectivity index (χ3v) is 6.04. The van der Waals surface area contributed by atoms with Crippen LogP contribution in [0.1, 0.15) is 22.9 Å². The number of hydrogen-bond acceptors (Lipinski definition) is 8. The summed E-state index contributed by atoms with van der Waals surface area (Å²) in [6.07, 6.45) is 0. The van der Waals surface area contributed by atoms with Crippen LogP contribution < -0.4 is 10.6 Å². The molecule has 0 amide bonds.